The second kappa shape index (κ2) is 10.4. The van der Waals surface area contributed by atoms with Crippen molar-refractivity contribution in [3.63, 3.8) is 0 Å². The van der Waals surface area contributed by atoms with E-state index in [0.717, 1.165) is 71.5 Å². The van der Waals surface area contributed by atoms with Crippen molar-refractivity contribution < 1.29 is 4.79 Å². The maximum absolute atomic E-state index is 12.9. The number of aryl methyl sites for hydroxylation is 1. The molecule has 1 aliphatic heterocycles. The van der Waals surface area contributed by atoms with E-state index in [4.69, 9.17) is 4.98 Å². The van der Waals surface area contributed by atoms with Crippen LogP contribution in [0.1, 0.15) is 45.6 Å². The number of piperidine rings is 1. The molecule has 1 saturated heterocycles. The van der Waals surface area contributed by atoms with Gasteiger partial charge in [0.1, 0.15) is 5.82 Å². The number of rotatable bonds is 8. The van der Waals surface area contributed by atoms with E-state index in [-0.39, 0.29) is 17.4 Å². The maximum Gasteiger partial charge on any atom is 0.226 e. The summed E-state index contributed by atoms with van der Waals surface area (Å²) in [5.74, 6) is 1.12. The first-order valence-electron chi connectivity index (χ1n) is 13.3. The lowest BCUT2D eigenvalue weighted by Crippen LogP contribution is -2.50. The summed E-state index contributed by atoms with van der Waals surface area (Å²) in [4.78, 5) is 24.2. The first-order chi connectivity index (χ1) is 18.3. The van der Waals surface area contributed by atoms with Gasteiger partial charge in [-0.1, -0.05) is 6.92 Å². The van der Waals surface area contributed by atoms with Crippen LogP contribution in [0.2, 0.25) is 0 Å². The van der Waals surface area contributed by atoms with Gasteiger partial charge in [-0.3, -0.25) is 14.5 Å². The molecule has 4 aromatic rings. The molecule has 0 bridgehead atoms. The standard InChI is InChI=1S/C29H36N8O/c1-6-29(28(38)34-20(2)3)9-11-36(12-10-29)26-8-7-21(15-31-26)25-13-22(24-17-32-35(5)18-24)19-37-27(25)23(14-30-4)16-33-37/h7-8,13,15-20H,4,6,9-12,14H2,1-3,5H3,(H,34,38). The van der Waals surface area contributed by atoms with E-state index < -0.39 is 0 Å². The molecule has 0 aromatic carbocycles. The topological polar surface area (TPSA) is 92.7 Å². The van der Waals surface area contributed by atoms with Gasteiger partial charge in [0.25, 0.3) is 0 Å². The Morgan fingerprint density at radius 2 is 1.89 bits per heavy atom. The number of aromatic nitrogens is 5. The number of anilines is 1. The van der Waals surface area contributed by atoms with Crippen molar-refractivity contribution in [3.05, 3.63) is 54.7 Å². The van der Waals surface area contributed by atoms with Crippen LogP contribution in [0, 0.1) is 5.41 Å². The maximum atomic E-state index is 12.9. The van der Waals surface area contributed by atoms with E-state index in [2.05, 4.69) is 57.2 Å². The molecule has 5 rings (SSSR count). The molecule has 1 amide bonds. The number of aliphatic imine (C=N–C) groups is 1. The number of hydrogen-bond acceptors (Lipinski definition) is 6. The first-order valence-corrected chi connectivity index (χ1v) is 13.3. The average molecular weight is 513 g/mol. The highest BCUT2D eigenvalue weighted by Crippen LogP contribution is 2.37. The Hall–Kier alpha value is -4.01. The van der Waals surface area contributed by atoms with Crippen LogP contribution in [0.25, 0.3) is 27.8 Å². The Morgan fingerprint density at radius 3 is 2.50 bits per heavy atom. The summed E-state index contributed by atoms with van der Waals surface area (Å²) in [5.41, 5.74) is 5.81. The summed E-state index contributed by atoms with van der Waals surface area (Å²) in [7, 11) is 1.91. The quantitative estimate of drug-likeness (QED) is 0.351. The van der Waals surface area contributed by atoms with E-state index >= 15 is 0 Å². The minimum atomic E-state index is -0.295. The highest BCUT2D eigenvalue weighted by Gasteiger charge is 2.40. The fourth-order valence-corrected chi connectivity index (χ4v) is 5.42. The van der Waals surface area contributed by atoms with Crippen LogP contribution in [0.15, 0.2) is 54.2 Å². The highest BCUT2D eigenvalue weighted by atomic mass is 16.2. The molecule has 0 spiro atoms. The van der Waals surface area contributed by atoms with Gasteiger partial charge < -0.3 is 10.2 Å². The van der Waals surface area contributed by atoms with Crippen LogP contribution in [0.4, 0.5) is 5.82 Å². The van der Waals surface area contributed by atoms with Gasteiger partial charge in [-0.05, 0) is 58.0 Å². The van der Waals surface area contributed by atoms with Crippen LogP contribution >= 0.6 is 0 Å². The monoisotopic (exact) mass is 512 g/mol. The predicted molar refractivity (Wildman–Crippen MR) is 151 cm³/mol. The van der Waals surface area contributed by atoms with E-state index in [0.29, 0.717) is 6.54 Å². The smallest absolute Gasteiger partial charge is 0.226 e. The van der Waals surface area contributed by atoms with Crippen LogP contribution < -0.4 is 10.2 Å². The summed E-state index contributed by atoms with van der Waals surface area (Å²) in [6.07, 6.45) is 12.2. The number of nitrogens with zero attached hydrogens (tertiary/aromatic N) is 7. The van der Waals surface area contributed by atoms with Gasteiger partial charge >= 0.3 is 0 Å². The van der Waals surface area contributed by atoms with E-state index in [9.17, 15) is 4.79 Å². The molecule has 1 aliphatic rings. The second-order valence-electron chi connectivity index (χ2n) is 10.5. The molecule has 1 N–H and O–H groups in total. The number of carbonyl (C=O) groups excluding carboxylic acids is 1. The summed E-state index contributed by atoms with van der Waals surface area (Å²) in [6, 6.07) is 6.52. The molecule has 0 saturated carbocycles. The fourth-order valence-electron chi connectivity index (χ4n) is 5.42. The van der Waals surface area contributed by atoms with Gasteiger partial charge in [-0.2, -0.15) is 10.2 Å². The lowest BCUT2D eigenvalue weighted by molar-refractivity contribution is -0.133. The number of hydrogen-bond donors (Lipinski definition) is 1. The van der Waals surface area contributed by atoms with Crippen LogP contribution in [0.3, 0.4) is 0 Å². The molecule has 4 aromatic heterocycles. The van der Waals surface area contributed by atoms with Crippen molar-refractivity contribution in [2.24, 2.45) is 17.5 Å². The summed E-state index contributed by atoms with van der Waals surface area (Å²) >= 11 is 0. The minimum Gasteiger partial charge on any atom is -0.357 e. The Balaban J connectivity index is 1.43. The molecule has 0 atom stereocenters. The zero-order valence-electron chi connectivity index (χ0n) is 22.7. The van der Waals surface area contributed by atoms with Crippen molar-refractivity contribution in [1.29, 1.82) is 0 Å². The third-order valence-corrected chi connectivity index (χ3v) is 7.69. The van der Waals surface area contributed by atoms with Gasteiger partial charge in [-0.15, -0.1) is 0 Å². The molecular formula is C29H36N8O. The van der Waals surface area contributed by atoms with Crippen molar-refractivity contribution in [1.82, 2.24) is 29.7 Å². The normalized spacial score (nSPS) is 15.2. The lowest BCUT2D eigenvalue weighted by atomic mass is 9.75. The van der Waals surface area contributed by atoms with Crippen molar-refractivity contribution >= 4 is 24.0 Å². The number of nitrogens with one attached hydrogen (secondary N) is 1. The second-order valence-corrected chi connectivity index (χ2v) is 10.5. The third-order valence-electron chi connectivity index (χ3n) is 7.69. The van der Waals surface area contributed by atoms with Crippen LogP contribution in [-0.2, 0) is 18.4 Å². The third kappa shape index (κ3) is 4.80. The first kappa shape index (κ1) is 25.6. The number of fused-ring (bicyclic) bond motifs is 1. The minimum absolute atomic E-state index is 0.153. The van der Waals surface area contributed by atoms with Gasteiger partial charge in [0.15, 0.2) is 0 Å². The SMILES string of the molecule is C=NCc1cnn2cc(-c3cnn(C)c3)cc(-c3ccc(N4CCC(CC)(C(=O)NC(C)C)CC4)nc3)c12. The number of amides is 1. The zero-order chi connectivity index (χ0) is 26.9. The highest BCUT2D eigenvalue weighted by molar-refractivity contribution is 5.86. The molecule has 9 heteroatoms. The largest absolute Gasteiger partial charge is 0.357 e. The number of carbonyl (C=O) groups is 1. The molecule has 0 aliphatic carbocycles. The van der Waals surface area contributed by atoms with Crippen LogP contribution in [-0.4, -0.2) is 56.1 Å². The average Bonchev–Trinajstić information content (AvgIpc) is 3.54. The molecule has 38 heavy (non-hydrogen) atoms. The zero-order valence-corrected chi connectivity index (χ0v) is 22.7. The van der Waals surface area contributed by atoms with E-state index in [1.807, 2.05) is 56.4 Å². The van der Waals surface area contributed by atoms with Gasteiger partial charge in [0, 0.05) is 72.6 Å². The Kier molecular flexibility index (Phi) is 7.01. The van der Waals surface area contributed by atoms with Gasteiger partial charge in [0.05, 0.1) is 29.9 Å². The summed E-state index contributed by atoms with van der Waals surface area (Å²) in [6.45, 7) is 11.9. The van der Waals surface area contributed by atoms with E-state index in [1.54, 1.807) is 4.68 Å². The molecule has 0 radical (unpaired) electrons. The Labute approximate surface area is 223 Å². The summed E-state index contributed by atoms with van der Waals surface area (Å²) in [5, 5.41) is 12.1. The predicted octanol–water partition coefficient (Wildman–Crippen LogP) is 4.52. The molecule has 1 fully saturated rings. The molecule has 9 nitrogen and oxygen atoms in total. The van der Waals surface area contributed by atoms with E-state index in [1.165, 1.54) is 0 Å². The molecule has 5 heterocycles. The van der Waals surface area contributed by atoms with Crippen molar-refractivity contribution in [3.8, 4) is 22.3 Å². The van der Waals surface area contributed by atoms with Crippen LogP contribution in [0.5, 0.6) is 0 Å². The Bertz CT molecular complexity index is 1440. The van der Waals surface area contributed by atoms with Crippen molar-refractivity contribution in [2.45, 2.75) is 52.6 Å². The molecule has 0 unspecified atom stereocenters. The van der Waals surface area contributed by atoms with Gasteiger partial charge in [-0.25, -0.2) is 9.50 Å². The lowest BCUT2D eigenvalue weighted by Gasteiger charge is -2.41. The fraction of sp³-hybridized carbons (Fsp3) is 0.414. The Morgan fingerprint density at radius 1 is 1.11 bits per heavy atom. The molecule has 198 valence electrons. The van der Waals surface area contributed by atoms with Crippen molar-refractivity contribution in [2.75, 3.05) is 18.0 Å². The molecular weight excluding hydrogens is 476 g/mol. The van der Waals surface area contributed by atoms with Gasteiger partial charge in [0.2, 0.25) is 5.91 Å². The number of pyridine rings is 2. The summed E-state index contributed by atoms with van der Waals surface area (Å²) < 4.78 is 3.70.